The van der Waals surface area contributed by atoms with Crippen LogP contribution in [0.3, 0.4) is 0 Å². The van der Waals surface area contributed by atoms with Gasteiger partial charge in [-0.25, -0.2) is 25.1 Å². The van der Waals surface area contributed by atoms with Crippen molar-refractivity contribution in [3.05, 3.63) is 171 Å². The monoisotopic (exact) mass is 580 g/mol. The van der Waals surface area contributed by atoms with Gasteiger partial charge in [0.1, 0.15) is 0 Å². The lowest BCUT2D eigenvalue weighted by Gasteiger charge is -2.09. The minimum absolute atomic E-state index is 0.0236. The molecule has 5 aromatic carbocycles. The zero-order valence-electron chi connectivity index (χ0n) is 23.9. The number of allylic oxidation sites excluding steroid dienone is 2. The van der Waals surface area contributed by atoms with Gasteiger partial charge in [-0.05, 0) is 103 Å². The summed E-state index contributed by atoms with van der Waals surface area (Å²) in [6, 6.07) is 36.6. The lowest BCUT2D eigenvalue weighted by Crippen LogP contribution is -1.90. The van der Waals surface area contributed by atoms with Crippen molar-refractivity contribution in [2.75, 3.05) is 0 Å². The number of fused-ring (bicyclic) bond motifs is 6. The number of hydrogen-bond acceptors (Lipinski definition) is 3. The highest BCUT2D eigenvalue weighted by molar-refractivity contribution is 6.11. The molecule has 46 heavy (non-hydrogen) atoms. The van der Waals surface area contributed by atoms with Crippen molar-refractivity contribution in [2.24, 2.45) is 0 Å². The predicted molar refractivity (Wildman–Crippen MR) is 176 cm³/mol. The number of rotatable bonds is 2. The first-order valence-corrected chi connectivity index (χ1v) is 14.0. The van der Waals surface area contributed by atoms with Crippen molar-refractivity contribution < 1.29 is 0 Å². The summed E-state index contributed by atoms with van der Waals surface area (Å²) in [5.41, 5.74) is 12.0. The van der Waals surface area contributed by atoms with Crippen LogP contribution in [0.15, 0.2) is 108 Å². The molecule has 0 unspecified atom stereocenters. The van der Waals surface area contributed by atoms with E-state index in [2.05, 4.69) is 32.7 Å². The summed E-state index contributed by atoms with van der Waals surface area (Å²) in [5, 5.41) is 29.3. The fourth-order valence-corrected chi connectivity index (χ4v) is 6.33. The molecule has 0 saturated heterocycles. The predicted octanol–water partition coefficient (Wildman–Crippen LogP) is 9.81. The normalized spacial score (nSPS) is 13.6. The van der Waals surface area contributed by atoms with Gasteiger partial charge in [-0.1, -0.05) is 60.7 Å². The molecule has 2 aliphatic rings. The smallest absolute Gasteiger partial charge is 0.238 e. The summed E-state index contributed by atoms with van der Waals surface area (Å²) in [6.45, 7) is 22.9. The highest BCUT2D eigenvalue weighted by atomic mass is 14.7. The van der Waals surface area contributed by atoms with Gasteiger partial charge in [0, 0.05) is 11.1 Å². The number of benzene rings is 5. The van der Waals surface area contributed by atoms with E-state index in [1.807, 2.05) is 72.8 Å². The van der Waals surface area contributed by atoms with Crippen LogP contribution in [0.1, 0.15) is 27.8 Å². The van der Waals surface area contributed by atoms with Crippen LogP contribution in [-0.4, -0.2) is 0 Å². The van der Waals surface area contributed by atoms with Crippen LogP contribution in [0.4, 0.5) is 5.69 Å². The van der Waals surface area contributed by atoms with Crippen molar-refractivity contribution >= 4 is 16.8 Å². The van der Waals surface area contributed by atoms with Gasteiger partial charge in [0.05, 0.1) is 43.5 Å². The first-order valence-electron chi connectivity index (χ1n) is 14.0. The molecule has 0 saturated carbocycles. The maximum atomic E-state index is 10.0. The van der Waals surface area contributed by atoms with E-state index in [1.54, 1.807) is 24.3 Å². The summed E-state index contributed by atoms with van der Waals surface area (Å²) >= 11 is 0. The number of nitriles is 3. The van der Waals surface area contributed by atoms with E-state index in [4.69, 9.17) is 19.7 Å². The average molecular weight is 581 g/mol. The molecular formula is C40H16N6. The maximum Gasteiger partial charge on any atom is 0.270 e. The van der Waals surface area contributed by atoms with E-state index >= 15 is 0 Å². The number of nitrogens with zero attached hydrogens (tertiary/aromatic N) is 6. The quantitative estimate of drug-likeness (QED) is 0.151. The standard InChI is InChI=1S/C40H16N6/c1-44-28-12-8-25(9-13-28)27-11-15-30-32-19-35-31(18-36(32)40(34(30)17-27)38(22-43)46-3)29-14-10-26(24-6-4-23(20-41)5-7-24)16-33(29)39(35)37(21-42)45-2/h4-19H/b39-37-,40-38+. The third-order valence-corrected chi connectivity index (χ3v) is 8.44. The van der Waals surface area contributed by atoms with Crippen LogP contribution in [-0.2, 0) is 0 Å². The lowest BCUT2D eigenvalue weighted by atomic mass is 9.95. The Morgan fingerprint density at radius 3 is 1.26 bits per heavy atom. The Labute approximate surface area is 265 Å². The highest BCUT2D eigenvalue weighted by Gasteiger charge is 2.33. The molecule has 2 aliphatic carbocycles. The summed E-state index contributed by atoms with van der Waals surface area (Å²) in [7, 11) is 0. The van der Waals surface area contributed by atoms with Crippen LogP contribution in [0.2, 0.25) is 0 Å². The molecule has 6 heteroatoms. The Balaban J connectivity index is 1.46. The molecule has 7 rings (SSSR count). The van der Waals surface area contributed by atoms with Crippen LogP contribution in [0.5, 0.6) is 0 Å². The van der Waals surface area contributed by atoms with E-state index in [-0.39, 0.29) is 11.4 Å². The molecule has 0 heterocycles. The fraction of sp³-hybridized carbons (Fsp3) is 0. The molecule has 206 valence electrons. The summed E-state index contributed by atoms with van der Waals surface area (Å²) in [4.78, 5) is 10.7. The van der Waals surface area contributed by atoms with E-state index in [1.165, 1.54) is 0 Å². The van der Waals surface area contributed by atoms with Gasteiger partial charge in [-0.2, -0.15) is 5.26 Å². The van der Waals surface area contributed by atoms with Crippen LogP contribution in [0, 0.1) is 53.7 Å². The van der Waals surface area contributed by atoms with Gasteiger partial charge in [-0.3, -0.25) is 0 Å². The Bertz CT molecular complexity index is 2290. The Kier molecular flexibility index (Phi) is 6.34. The van der Waals surface area contributed by atoms with Crippen molar-refractivity contribution in [3.63, 3.8) is 0 Å². The molecule has 0 atom stereocenters. The molecule has 0 aliphatic heterocycles. The second kappa shape index (κ2) is 10.7. The molecule has 0 bridgehead atoms. The van der Waals surface area contributed by atoms with Gasteiger partial charge >= 0.3 is 0 Å². The molecule has 0 radical (unpaired) electrons. The zero-order valence-corrected chi connectivity index (χ0v) is 23.9. The lowest BCUT2D eigenvalue weighted by molar-refractivity contribution is 1.48. The van der Waals surface area contributed by atoms with Crippen molar-refractivity contribution in [1.82, 2.24) is 0 Å². The average Bonchev–Trinajstić information content (AvgIpc) is 3.60. The second-order valence-corrected chi connectivity index (χ2v) is 10.7. The third-order valence-electron chi connectivity index (χ3n) is 8.44. The molecular weight excluding hydrogens is 564 g/mol. The van der Waals surface area contributed by atoms with E-state index < -0.39 is 0 Å². The Hall–Kier alpha value is -7.48. The second-order valence-electron chi connectivity index (χ2n) is 10.7. The highest BCUT2D eigenvalue weighted by Crippen LogP contribution is 2.54. The minimum atomic E-state index is -0.0250. The van der Waals surface area contributed by atoms with Crippen LogP contribution >= 0.6 is 0 Å². The fourth-order valence-electron chi connectivity index (χ4n) is 6.33. The Morgan fingerprint density at radius 2 is 0.870 bits per heavy atom. The van der Waals surface area contributed by atoms with Gasteiger partial charge in [0.2, 0.25) is 0 Å². The number of hydrogen-bond donors (Lipinski definition) is 0. The SMILES string of the molecule is [C-]#[N+]/C(C#N)=C1/c2cc(-c3ccc(C#N)cc3)ccc2-c2cc3c(cc21)-c1ccc(-c2ccc([N+]#[C-])cc2)cc1/C3=C(/C#N)[N+]#[C-]. The summed E-state index contributed by atoms with van der Waals surface area (Å²) < 4.78 is 0. The molecule has 0 fully saturated rings. The Morgan fingerprint density at radius 1 is 0.457 bits per heavy atom. The molecule has 0 aromatic heterocycles. The maximum absolute atomic E-state index is 10.0. The third kappa shape index (κ3) is 4.06. The largest absolute Gasteiger partial charge is 0.270 e. The summed E-state index contributed by atoms with van der Waals surface area (Å²) in [6.07, 6.45) is 0. The molecule has 5 aromatic rings. The van der Waals surface area contributed by atoms with Gasteiger partial charge in [0.15, 0.2) is 5.69 Å². The molecule has 6 nitrogen and oxygen atoms in total. The molecule has 0 spiro atoms. The first kappa shape index (κ1) is 27.4. The van der Waals surface area contributed by atoms with Crippen LogP contribution < -0.4 is 0 Å². The van der Waals surface area contributed by atoms with E-state index in [0.29, 0.717) is 22.4 Å². The van der Waals surface area contributed by atoms with Gasteiger partial charge in [-0.15, -0.1) is 0 Å². The summed E-state index contributed by atoms with van der Waals surface area (Å²) in [5.74, 6) is 0. The zero-order chi connectivity index (χ0) is 31.9. The van der Waals surface area contributed by atoms with Crippen LogP contribution in [0.25, 0.3) is 70.2 Å². The van der Waals surface area contributed by atoms with Crippen molar-refractivity contribution in [2.45, 2.75) is 0 Å². The van der Waals surface area contributed by atoms with Crippen molar-refractivity contribution in [1.29, 1.82) is 15.8 Å². The van der Waals surface area contributed by atoms with Gasteiger partial charge < -0.3 is 0 Å². The molecule has 0 N–H and O–H groups in total. The first-order chi connectivity index (χ1) is 22.5. The topological polar surface area (TPSA) is 84.5 Å². The molecule has 0 amide bonds. The van der Waals surface area contributed by atoms with E-state index in [0.717, 1.165) is 66.8 Å². The van der Waals surface area contributed by atoms with E-state index in [9.17, 15) is 15.8 Å². The minimum Gasteiger partial charge on any atom is -0.238 e. The van der Waals surface area contributed by atoms with Crippen molar-refractivity contribution in [3.8, 4) is 62.7 Å². The van der Waals surface area contributed by atoms with Gasteiger partial charge in [0.25, 0.3) is 11.4 Å².